The number of terminal acetylenes is 1. The zero-order chi connectivity index (χ0) is 9.68. The molecule has 0 atom stereocenters. The summed E-state index contributed by atoms with van der Waals surface area (Å²) in [6.07, 6.45) is 4.93. The maximum atomic E-state index is 11.2. The Hall–Kier alpha value is -1.95. The Balaban J connectivity index is 2.72. The zero-order valence-electron chi connectivity index (χ0n) is 6.99. The molecule has 0 aliphatic rings. The third kappa shape index (κ3) is 2.53. The molecule has 0 aromatic heterocycles. The maximum Gasteiger partial charge on any atom is 0.339 e. The molecular weight excluding hydrogens is 166 g/mol. The van der Waals surface area contributed by atoms with E-state index in [1.807, 2.05) is 0 Å². The third-order valence-corrected chi connectivity index (χ3v) is 1.41. The van der Waals surface area contributed by atoms with Gasteiger partial charge in [0.25, 0.3) is 0 Å². The first-order valence-electron chi connectivity index (χ1n) is 3.70. The summed E-state index contributed by atoms with van der Waals surface area (Å²) in [5.74, 6) is 1.76. The molecule has 0 saturated carbocycles. The monoisotopic (exact) mass is 175 g/mol. The van der Waals surface area contributed by atoms with E-state index in [1.54, 1.807) is 24.3 Å². The number of nitrogen functional groups attached to an aromatic ring is 1. The Bertz CT molecular complexity index is 352. The molecule has 0 fully saturated rings. The number of carbonyl (C=O) groups is 1. The van der Waals surface area contributed by atoms with Gasteiger partial charge in [-0.3, -0.25) is 0 Å². The van der Waals surface area contributed by atoms with Crippen molar-refractivity contribution in [3.8, 4) is 12.3 Å². The molecule has 0 saturated heterocycles. The highest BCUT2D eigenvalue weighted by Crippen LogP contribution is 2.07. The lowest BCUT2D eigenvalue weighted by Crippen LogP contribution is -2.05. The summed E-state index contributed by atoms with van der Waals surface area (Å²) < 4.78 is 4.70. The van der Waals surface area contributed by atoms with E-state index < -0.39 is 5.97 Å². The molecule has 0 bridgehead atoms. The fourth-order valence-corrected chi connectivity index (χ4v) is 0.856. The fourth-order valence-electron chi connectivity index (χ4n) is 0.856. The van der Waals surface area contributed by atoms with Crippen LogP contribution in [-0.4, -0.2) is 12.6 Å². The second kappa shape index (κ2) is 4.17. The van der Waals surface area contributed by atoms with Gasteiger partial charge in [0.1, 0.15) is 0 Å². The van der Waals surface area contributed by atoms with E-state index in [1.165, 1.54) is 0 Å². The van der Waals surface area contributed by atoms with Crippen molar-refractivity contribution in [2.24, 2.45) is 0 Å². The Kier molecular flexibility index (Phi) is 2.93. The topological polar surface area (TPSA) is 52.3 Å². The van der Waals surface area contributed by atoms with Crippen molar-refractivity contribution in [1.29, 1.82) is 0 Å². The number of hydrogen-bond acceptors (Lipinski definition) is 3. The summed E-state index contributed by atoms with van der Waals surface area (Å²) in [4.78, 5) is 11.2. The largest absolute Gasteiger partial charge is 0.449 e. The molecule has 1 aromatic rings. The van der Waals surface area contributed by atoms with Crippen LogP contribution >= 0.6 is 0 Å². The molecule has 0 radical (unpaired) electrons. The van der Waals surface area contributed by atoms with Gasteiger partial charge in [-0.05, 0) is 18.2 Å². The van der Waals surface area contributed by atoms with Gasteiger partial charge >= 0.3 is 5.97 Å². The van der Waals surface area contributed by atoms with Gasteiger partial charge in [0.15, 0.2) is 6.61 Å². The lowest BCUT2D eigenvalue weighted by Gasteiger charge is -2.00. The highest BCUT2D eigenvalue weighted by atomic mass is 16.5. The van der Waals surface area contributed by atoms with E-state index in [9.17, 15) is 4.79 Å². The number of hydrogen-bond donors (Lipinski definition) is 1. The minimum atomic E-state index is -0.453. The van der Waals surface area contributed by atoms with E-state index in [0.717, 1.165) is 0 Å². The molecule has 0 amide bonds. The minimum absolute atomic E-state index is 0.0202. The van der Waals surface area contributed by atoms with Crippen LogP contribution in [0.2, 0.25) is 0 Å². The van der Waals surface area contributed by atoms with Gasteiger partial charge in [0.05, 0.1) is 5.56 Å². The van der Waals surface area contributed by atoms with Crippen molar-refractivity contribution in [2.75, 3.05) is 12.3 Å². The first kappa shape index (κ1) is 9.14. The summed E-state index contributed by atoms with van der Waals surface area (Å²) >= 11 is 0. The predicted molar refractivity (Wildman–Crippen MR) is 50.0 cm³/mol. The van der Waals surface area contributed by atoms with Crippen LogP contribution in [0.5, 0.6) is 0 Å². The second-order valence-electron chi connectivity index (χ2n) is 2.41. The van der Waals surface area contributed by atoms with Gasteiger partial charge < -0.3 is 10.5 Å². The van der Waals surface area contributed by atoms with Crippen LogP contribution in [0.25, 0.3) is 0 Å². The minimum Gasteiger partial charge on any atom is -0.449 e. The SMILES string of the molecule is C#CCOC(=O)c1cccc(N)c1. The molecule has 2 N–H and O–H groups in total. The highest BCUT2D eigenvalue weighted by molar-refractivity contribution is 5.90. The van der Waals surface area contributed by atoms with E-state index in [4.69, 9.17) is 16.9 Å². The van der Waals surface area contributed by atoms with E-state index >= 15 is 0 Å². The van der Waals surface area contributed by atoms with Gasteiger partial charge in [0.2, 0.25) is 0 Å². The molecule has 66 valence electrons. The molecule has 0 aliphatic heterocycles. The Morgan fingerprint density at radius 2 is 2.38 bits per heavy atom. The lowest BCUT2D eigenvalue weighted by molar-refractivity contribution is 0.0557. The molecule has 3 nitrogen and oxygen atoms in total. The number of anilines is 1. The van der Waals surface area contributed by atoms with Gasteiger partial charge in [-0.25, -0.2) is 4.79 Å². The van der Waals surface area contributed by atoms with Gasteiger partial charge in [-0.1, -0.05) is 12.0 Å². The zero-order valence-corrected chi connectivity index (χ0v) is 6.99. The standard InChI is InChI=1S/C10H9NO2/c1-2-6-13-10(12)8-4-3-5-9(11)7-8/h1,3-5,7H,6,11H2. The number of nitrogens with two attached hydrogens (primary N) is 1. The number of benzene rings is 1. The van der Waals surface area contributed by atoms with Crippen molar-refractivity contribution in [2.45, 2.75) is 0 Å². The third-order valence-electron chi connectivity index (χ3n) is 1.41. The fraction of sp³-hybridized carbons (Fsp3) is 0.100. The van der Waals surface area contributed by atoms with Crippen molar-refractivity contribution < 1.29 is 9.53 Å². The molecule has 0 heterocycles. The summed E-state index contributed by atoms with van der Waals surface area (Å²) in [6, 6.07) is 6.54. The van der Waals surface area contributed by atoms with Crippen molar-refractivity contribution in [1.82, 2.24) is 0 Å². The average molecular weight is 175 g/mol. The first-order valence-corrected chi connectivity index (χ1v) is 3.70. The normalized spacial score (nSPS) is 8.85. The summed E-state index contributed by atoms with van der Waals surface area (Å²) in [5, 5.41) is 0. The molecule has 0 aliphatic carbocycles. The quantitative estimate of drug-likeness (QED) is 0.415. The van der Waals surface area contributed by atoms with Crippen molar-refractivity contribution >= 4 is 11.7 Å². The van der Waals surface area contributed by atoms with Crippen LogP contribution in [0, 0.1) is 12.3 Å². The van der Waals surface area contributed by atoms with E-state index in [0.29, 0.717) is 11.3 Å². The van der Waals surface area contributed by atoms with E-state index in [-0.39, 0.29) is 6.61 Å². The Labute approximate surface area is 76.5 Å². The Morgan fingerprint density at radius 3 is 3.00 bits per heavy atom. The molecular formula is C10H9NO2. The van der Waals surface area contributed by atoms with Crippen molar-refractivity contribution in [3.63, 3.8) is 0 Å². The number of ether oxygens (including phenoxy) is 1. The highest BCUT2D eigenvalue weighted by Gasteiger charge is 2.05. The first-order chi connectivity index (χ1) is 6.24. The molecule has 1 aromatic carbocycles. The van der Waals surface area contributed by atoms with Gasteiger partial charge in [-0.15, -0.1) is 6.42 Å². The second-order valence-corrected chi connectivity index (χ2v) is 2.41. The average Bonchev–Trinajstić information content (AvgIpc) is 2.14. The summed E-state index contributed by atoms with van der Waals surface area (Å²) in [5.41, 5.74) is 6.41. The number of esters is 1. The number of rotatable bonds is 2. The van der Waals surface area contributed by atoms with Crippen LogP contribution < -0.4 is 5.73 Å². The molecule has 0 unspecified atom stereocenters. The van der Waals surface area contributed by atoms with Gasteiger partial charge in [-0.2, -0.15) is 0 Å². The van der Waals surface area contributed by atoms with Crippen LogP contribution in [-0.2, 0) is 4.74 Å². The summed E-state index contributed by atoms with van der Waals surface area (Å²) in [6.45, 7) is -0.0202. The van der Waals surface area contributed by atoms with E-state index in [2.05, 4.69) is 5.92 Å². The maximum absolute atomic E-state index is 11.2. The molecule has 13 heavy (non-hydrogen) atoms. The lowest BCUT2D eigenvalue weighted by atomic mass is 10.2. The van der Waals surface area contributed by atoms with Crippen LogP contribution in [0.3, 0.4) is 0 Å². The molecule has 1 rings (SSSR count). The molecule has 3 heteroatoms. The Morgan fingerprint density at radius 1 is 1.62 bits per heavy atom. The summed E-state index contributed by atoms with van der Waals surface area (Å²) in [7, 11) is 0. The van der Waals surface area contributed by atoms with Crippen molar-refractivity contribution in [3.05, 3.63) is 29.8 Å². The van der Waals surface area contributed by atoms with Gasteiger partial charge in [0, 0.05) is 5.69 Å². The smallest absolute Gasteiger partial charge is 0.339 e. The molecule has 0 spiro atoms. The van der Waals surface area contributed by atoms with Crippen LogP contribution in [0.4, 0.5) is 5.69 Å². The predicted octanol–water partition coefficient (Wildman–Crippen LogP) is 1.06. The van der Waals surface area contributed by atoms with Crippen LogP contribution in [0.1, 0.15) is 10.4 Å². The van der Waals surface area contributed by atoms with Crippen LogP contribution in [0.15, 0.2) is 24.3 Å². The number of carbonyl (C=O) groups excluding carboxylic acids is 1.